The normalized spacial score (nSPS) is 17.4. The van der Waals surface area contributed by atoms with Gasteiger partial charge in [-0.2, -0.15) is 13.0 Å². The highest BCUT2D eigenvalue weighted by molar-refractivity contribution is 7.85. The second-order valence-electron chi connectivity index (χ2n) is 13.5. The summed E-state index contributed by atoms with van der Waals surface area (Å²) in [7, 11) is -4.34. The first-order valence-corrected chi connectivity index (χ1v) is 18.0. The third-order valence-corrected chi connectivity index (χ3v) is 10.3. The van der Waals surface area contributed by atoms with Gasteiger partial charge in [-0.05, 0) is 75.6 Å². The number of ether oxygens (including phenoxy) is 1. The van der Waals surface area contributed by atoms with Gasteiger partial charge in [-0.15, -0.1) is 0 Å². The highest BCUT2D eigenvalue weighted by Gasteiger charge is 2.44. The van der Waals surface area contributed by atoms with Crippen molar-refractivity contribution < 1.29 is 27.1 Å². The van der Waals surface area contributed by atoms with Crippen molar-refractivity contribution in [1.29, 1.82) is 0 Å². The largest absolute Gasteiger partial charge is 0.493 e. The minimum Gasteiger partial charge on any atom is -0.493 e. The van der Waals surface area contributed by atoms with E-state index in [1.807, 2.05) is 30.3 Å². The molecule has 8 heteroatoms. The van der Waals surface area contributed by atoms with E-state index in [4.69, 9.17) is 4.74 Å². The van der Waals surface area contributed by atoms with Crippen LogP contribution in [0.2, 0.25) is 0 Å². The van der Waals surface area contributed by atoms with Crippen molar-refractivity contribution in [3.63, 3.8) is 0 Å². The molecule has 0 saturated heterocycles. The van der Waals surface area contributed by atoms with Crippen LogP contribution in [0.1, 0.15) is 77.8 Å². The smallest absolute Gasteiger partial charge is 0.294 e. The maximum Gasteiger partial charge on any atom is 0.294 e. The molecule has 2 aliphatic rings. The molecule has 2 heterocycles. The summed E-state index contributed by atoms with van der Waals surface area (Å²) < 4.78 is 42.3. The topological polar surface area (TPSA) is 86.9 Å². The summed E-state index contributed by atoms with van der Waals surface area (Å²) in [6.07, 6.45) is 10.6. The standard InChI is InChI=1S/C39H46N2O5S/c1-29(42)16-8-7-13-25-40-35-24-23-31(47(43,44)45)28-33(35)39(4,5)37(40)22-14-21-36-38(2,3)32-19-11-12-20-34(32)41(36)26-15-27-46-30-17-9-6-10-18-30/h6,9-12,14,17-24,28H,7-8,13,15-16,25-27H2,1-5H3/p+1. The van der Waals surface area contributed by atoms with Gasteiger partial charge < -0.3 is 14.4 Å². The number of hydrogen-bond acceptors (Lipinski definition) is 5. The average Bonchev–Trinajstić information content (AvgIpc) is 3.37. The molecule has 0 fully saturated rings. The van der Waals surface area contributed by atoms with Gasteiger partial charge in [0, 0.05) is 53.9 Å². The number of para-hydroxylation sites is 2. The lowest BCUT2D eigenvalue weighted by Gasteiger charge is -2.27. The molecule has 3 aromatic rings. The fraction of sp³-hybridized carbons (Fsp3) is 0.385. The Morgan fingerprint density at radius 3 is 2.34 bits per heavy atom. The van der Waals surface area contributed by atoms with E-state index in [-0.39, 0.29) is 16.1 Å². The van der Waals surface area contributed by atoms with Crippen LogP contribution in [0, 0.1) is 0 Å². The Balaban J connectivity index is 1.45. The summed E-state index contributed by atoms with van der Waals surface area (Å²) in [5.74, 6) is 1.08. The van der Waals surface area contributed by atoms with E-state index in [1.54, 1.807) is 19.1 Å². The summed E-state index contributed by atoms with van der Waals surface area (Å²) >= 11 is 0. The zero-order valence-corrected chi connectivity index (χ0v) is 29.0. The Bertz CT molecular complexity index is 1820. The zero-order chi connectivity index (χ0) is 33.8. The minimum atomic E-state index is -4.34. The first-order chi connectivity index (χ1) is 22.3. The van der Waals surface area contributed by atoms with Crippen LogP contribution < -0.4 is 9.64 Å². The minimum absolute atomic E-state index is 0.101. The first-order valence-electron chi connectivity index (χ1n) is 16.5. The van der Waals surface area contributed by atoms with E-state index < -0.39 is 15.5 Å². The summed E-state index contributed by atoms with van der Waals surface area (Å²) in [6.45, 7) is 12.5. The number of carbonyl (C=O) groups is 1. The molecule has 0 radical (unpaired) electrons. The van der Waals surface area contributed by atoms with Crippen LogP contribution in [0.4, 0.5) is 11.4 Å². The molecule has 0 amide bonds. The highest BCUT2D eigenvalue weighted by Crippen LogP contribution is 2.48. The Kier molecular flexibility index (Phi) is 10.2. The zero-order valence-electron chi connectivity index (χ0n) is 28.2. The fourth-order valence-corrected chi connectivity index (χ4v) is 7.43. The number of carbonyl (C=O) groups excluding carboxylic acids is 1. The molecule has 2 aliphatic heterocycles. The molecular formula is C39H47N2O5S+. The van der Waals surface area contributed by atoms with Crippen LogP contribution in [-0.4, -0.2) is 48.7 Å². The molecule has 3 aromatic carbocycles. The number of nitrogens with zero attached hydrogens (tertiary/aromatic N) is 2. The third-order valence-electron chi connectivity index (χ3n) is 9.42. The Labute approximate surface area is 280 Å². The maximum absolute atomic E-state index is 12.0. The first kappa shape index (κ1) is 34.3. The van der Waals surface area contributed by atoms with E-state index >= 15 is 0 Å². The van der Waals surface area contributed by atoms with E-state index in [0.29, 0.717) is 13.0 Å². The molecule has 1 N–H and O–H groups in total. The van der Waals surface area contributed by atoms with Crippen molar-refractivity contribution in [3.8, 4) is 5.75 Å². The van der Waals surface area contributed by atoms with Crippen LogP contribution in [0.15, 0.2) is 102 Å². The summed E-state index contributed by atoms with van der Waals surface area (Å²) in [4.78, 5) is 13.6. The molecule has 0 aromatic heterocycles. The van der Waals surface area contributed by atoms with Crippen molar-refractivity contribution >= 4 is 33.0 Å². The van der Waals surface area contributed by atoms with Gasteiger partial charge in [0.25, 0.3) is 10.1 Å². The Hall–Kier alpha value is -4.01. The average molecular weight is 656 g/mol. The summed E-state index contributed by atoms with van der Waals surface area (Å²) in [6, 6.07) is 23.3. The van der Waals surface area contributed by atoms with Gasteiger partial charge in [-0.3, -0.25) is 4.55 Å². The lowest BCUT2D eigenvalue weighted by Crippen LogP contribution is -2.28. The van der Waals surface area contributed by atoms with Gasteiger partial charge >= 0.3 is 0 Å². The molecule has 47 heavy (non-hydrogen) atoms. The SMILES string of the molecule is CC(=O)CCCCCN1/C(=C/C=C/C2=[N+](CCCOc3ccccc3)c3ccccc3C2(C)C)C(C)(C)c2cc(S(=O)(=O)O)ccc21. The number of rotatable bonds is 14. The van der Waals surface area contributed by atoms with Crippen LogP contribution in [-0.2, 0) is 25.7 Å². The van der Waals surface area contributed by atoms with Crippen LogP contribution in [0.5, 0.6) is 5.75 Å². The highest BCUT2D eigenvalue weighted by atomic mass is 32.2. The molecule has 0 saturated carbocycles. The molecule has 0 spiro atoms. The van der Waals surface area contributed by atoms with E-state index in [1.165, 1.54) is 23.0 Å². The van der Waals surface area contributed by atoms with Gasteiger partial charge in [0.15, 0.2) is 12.3 Å². The Morgan fingerprint density at radius 1 is 0.894 bits per heavy atom. The van der Waals surface area contributed by atoms with Crippen molar-refractivity contribution in [1.82, 2.24) is 0 Å². The molecule has 248 valence electrons. The predicted octanol–water partition coefficient (Wildman–Crippen LogP) is 8.17. The second kappa shape index (κ2) is 14.0. The summed E-state index contributed by atoms with van der Waals surface area (Å²) in [5, 5.41) is 0. The lowest BCUT2D eigenvalue weighted by molar-refractivity contribution is -0.438. The van der Waals surface area contributed by atoms with Crippen LogP contribution in [0.3, 0.4) is 0 Å². The Morgan fingerprint density at radius 2 is 1.62 bits per heavy atom. The third kappa shape index (κ3) is 7.44. The number of fused-ring (bicyclic) bond motifs is 2. The quantitative estimate of drug-likeness (QED) is 0.107. The van der Waals surface area contributed by atoms with Crippen molar-refractivity contribution in [2.45, 2.75) is 82.4 Å². The van der Waals surface area contributed by atoms with Crippen LogP contribution in [0.25, 0.3) is 0 Å². The number of hydrogen-bond donors (Lipinski definition) is 1. The molecule has 0 unspecified atom stereocenters. The molecule has 0 aliphatic carbocycles. The molecule has 5 rings (SSSR count). The number of allylic oxidation sites excluding steroid dienone is 4. The van der Waals surface area contributed by atoms with Crippen LogP contribution >= 0.6 is 0 Å². The molecule has 0 bridgehead atoms. The molecule has 7 nitrogen and oxygen atoms in total. The van der Waals surface area contributed by atoms with Crippen molar-refractivity contribution in [3.05, 3.63) is 108 Å². The lowest BCUT2D eigenvalue weighted by atomic mass is 9.81. The van der Waals surface area contributed by atoms with Gasteiger partial charge in [0.2, 0.25) is 5.69 Å². The monoisotopic (exact) mass is 655 g/mol. The van der Waals surface area contributed by atoms with Gasteiger partial charge in [-0.25, -0.2) is 0 Å². The predicted molar refractivity (Wildman–Crippen MR) is 189 cm³/mol. The van der Waals surface area contributed by atoms with Gasteiger partial charge in [0.1, 0.15) is 11.5 Å². The van der Waals surface area contributed by atoms with Crippen molar-refractivity contribution in [2.75, 3.05) is 24.6 Å². The maximum atomic E-state index is 12.0. The summed E-state index contributed by atoms with van der Waals surface area (Å²) in [5.41, 5.74) is 5.84. The van der Waals surface area contributed by atoms with Crippen molar-refractivity contribution in [2.24, 2.45) is 0 Å². The number of anilines is 1. The van der Waals surface area contributed by atoms with Gasteiger partial charge in [0.05, 0.1) is 16.9 Å². The molecular weight excluding hydrogens is 609 g/mol. The van der Waals surface area contributed by atoms with Gasteiger partial charge in [-0.1, -0.05) is 62.7 Å². The molecule has 0 atom stereocenters. The number of ketones is 1. The number of unbranched alkanes of at least 4 members (excludes halogenated alkanes) is 2. The number of Topliss-reactive ketones (excluding diaryl/α,β-unsaturated/α-hetero) is 1. The van der Waals surface area contributed by atoms with E-state index in [0.717, 1.165) is 61.5 Å². The number of benzene rings is 3. The second-order valence-corrected chi connectivity index (χ2v) is 15.0. The van der Waals surface area contributed by atoms with E-state index in [9.17, 15) is 17.8 Å². The fourth-order valence-electron chi connectivity index (χ4n) is 6.92. The van der Waals surface area contributed by atoms with E-state index in [2.05, 4.69) is 79.7 Å².